The number of amides is 4. The summed E-state index contributed by atoms with van der Waals surface area (Å²) in [6.07, 6.45) is -11.3. The highest BCUT2D eigenvalue weighted by molar-refractivity contribution is 5.89. The van der Waals surface area contributed by atoms with Crippen molar-refractivity contribution < 1.29 is 73.6 Å². The van der Waals surface area contributed by atoms with Gasteiger partial charge in [-0.1, -0.05) is 30.3 Å². The number of rotatable bonds is 22. The predicted octanol–water partition coefficient (Wildman–Crippen LogP) is -4.27. The number of hydrogen-bond donors (Lipinski definition) is 10. The largest absolute Gasteiger partial charge is 0.388 e. The smallest absolute Gasteiger partial charge is 0.239 e. The molecule has 2 heterocycles. The summed E-state index contributed by atoms with van der Waals surface area (Å²) in [6.45, 7) is 1.42. The molecule has 1 aromatic rings. The average molecular weight is 786 g/mol. The van der Waals surface area contributed by atoms with Gasteiger partial charge in [-0.3, -0.25) is 24.6 Å². The van der Waals surface area contributed by atoms with E-state index in [1.54, 1.807) is 0 Å². The Morgan fingerprint density at radius 2 is 1.22 bits per heavy atom. The van der Waals surface area contributed by atoms with E-state index < -0.39 is 104 Å². The Bertz CT molecular complexity index is 1310. The van der Waals surface area contributed by atoms with Gasteiger partial charge in [0.2, 0.25) is 23.6 Å². The molecule has 2 fully saturated rings. The molecule has 0 aromatic heterocycles. The Labute approximate surface area is 318 Å². The van der Waals surface area contributed by atoms with E-state index in [0.717, 1.165) is 10.5 Å². The van der Waals surface area contributed by atoms with Crippen LogP contribution in [-0.2, 0) is 49.3 Å². The van der Waals surface area contributed by atoms with Gasteiger partial charge in [0.15, 0.2) is 12.6 Å². The average Bonchev–Trinajstić information content (AvgIpc) is 3.17. The molecule has 20 nitrogen and oxygen atoms in total. The number of aliphatic hydroxyl groups excluding tert-OH is 6. The van der Waals surface area contributed by atoms with E-state index >= 15 is 0 Å². The fraction of sp³-hybridized carbons (Fsp3) is 0.686. The summed E-state index contributed by atoms with van der Waals surface area (Å²) in [4.78, 5) is 63.6. The van der Waals surface area contributed by atoms with Gasteiger partial charge in [0.1, 0.15) is 56.0 Å². The molecule has 10 N–H and O–H groups in total. The number of benzene rings is 1. The molecular weight excluding hydrogens is 730 g/mol. The molecule has 2 aliphatic heterocycles. The van der Waals surface area contributed by atoms with Crippen molar-refractivity contribution in [3.63, 3.8) is 0 Å². The lowest BCUT2D eigenvalue weighted by Crippen LogP contribution is -2.57. The van der Waals surface area contributed by atoms with Crippen LogP contribution in [0.1, 0.15) is 45.1 Å². The minimum absolute atomic E-state index is 0.0283. The van der Waals surface area contributed by atoms with Gasteiger partial charge in [-0.25, -0.2) is 5.43 Å². The Morgan fingerprint density at radius 1 is 0.727 bits per heavy atom. The molecule has 2 aliphatic rings. The lowest BCUT2D eigenvalue weighted by Gasteiger charge is -2.38. The van der Waals surface area contributed by atoms with Crippen LogP contribution in [0.3, 0.4) is 0 Å². The third kappa shape index (κ3) is 15.1. The van der Waals surface area contributed by atoms with Crippen LogP contribution in [0.5, 0.6) is 0 Å². The standard InChI is InChI=1S/C35H55N5O15/c1-20-28(46)30(48)32(50)34(54-20)52-14-12-36-25(43)17-40(18-26(44)37-13-15-53-35-33(51)31(49)29(47)21(2)55-35)27(45)11-7-6-10-24(42)39-38-23(19-41)16-22-8-4-3-5-9-22/h3-5,8-9,19-21,23,28-35,38,46-51H,6-7,10-18H2,1-2H3,(H,36,43)(H,37,44)(H,39,42)/t20-,21-,23-,28+,29+,30+,31+,32-,33-,34+,35+/m0/s1. The summed E-state index contributed by atoms with van der Waals surface area (Å²) in [6, 6.07) is 8.60. The second kappa shape index (κ2) is 23.4. The molecule has 0 radical (unpaired) electrons. The minimum Gasteiger partial charge on any atom is -0.388 e. The maximum atomic E-state index is 13.2. The van der Waals surface area contributed by atoms with Crippen LogP contribution in [-0.4, -0.2) is 172 Å². The number of hydrogen-bond acceptors (Lipinski definition) is 16. The molecule has 4 amide bonds. The van der Waals surface area contributed by atoms with E-state index in [1.807, 2.05) is 30.3 Å². The fourth-order valence-electron chi connectivity index (χ4n) is 5.68. The van der Waals surface area contributed by atoms with E-state index in [2.05, 4.69) is 21.5 Å². The van der Waals surface area contributed by atoms with Crippen LogP contribution >= 0.6 is 0 Å². The van der Waals surface area contributed by atoms with Crippen molar-refractivity contribution in [2.45, 2.75) is 113 Å². The third-order valence-electron chi connectivity index (χ3n) is 8.96. The number of nitrogens with one attached hydrogen (secondary N) is 4. The molecule has 11 atom stereocenters. The Morgan fingerprint density at radius 3 is 1.71 bits per heavy atom. The maximum absolute atomic E-state index is 13.2. The first kappa shape index (κ1) is 45.7. The number of hydrazine groups is 1. The molecule has 3 rings (SSSR count). The van der Waals surface area contributed by atoms with Crippen LogP contribution in [0.15, 0.2) is 30.3 Å². The van der Waals surface area contributed by atoms with Crippen molar-refractivity contribution in [2.24, 2.45) is 0 Å². The highest BCUT2D eigenvalue weighted by Gasteiger charge is 2.43. The third-order valence-corrected chi connectivity index (χ3v) is 8.96. The van der Waals surface area contributed by atoms with Crippen molar-refractivity contribution in [1.82, 2.24) is 26.4 Å². The van der Waals surface area contributed by atoms with Gasteiger partial charge in [0.25, 0.3) is 0 Å². The number of unbranched alkanes of at least 4 members (excludes halogenated alkanes) is 1. The van der Waals surface area contributed by atoms with Crippen molar-refractivity contribution in [1.29, 1.82) is 0 Å². The maximum Gasteiger partial charge on any atom is 0.239 e. The van der Waals surface area contributed by atoms with Gasteiger partial charge in [-0.05, 0) is 38.7 Å². The molecule has 0 aliphatic carbocycles. The Balaban J connectivity index is 1.45. The molecule has 0 spiro atoms. The number of carbonyl (C=O) groups is 5. The van der Waals surface area contributed by atoms with E-state index in [1.165, 1.54) is 13.8 Å². The van der Waals surface area contributed by atoms with E-state index in [9.17, 15) is 54.6 Å². The predicted molar refractivity (Wildman–Crippen MR) is 189 cm³/mol. The molecule has 20 heteroatoms. The van der Waals surface area contributed by atoms with Gasteiger partial charge in [-0.2, -0.15) is 0 Å². The first-order valence-corrected chi connectivity index (χ1v) is 18.2. The lowest BCUT2D eigenvalue weighted by molar-refractivity contribution is -0.292. The second-order valence-corrected chi connectivity index (χ2v) is 13.4. The van der Waals surface area contributed by atoms with Crippen LogP contribution in [0, 0.1) is 0 Å². The van der Waals surface area contributed by atoms with Gasteiger partial charge in [0, 0.05) is 25.9 Å². The van der Waals surface area contributed by atoms with Gasteiger partial charge < -0.3 is 69.9 Å². The van der Waals surface area contributed by atoms with E-state index in [0.29, 0.717) is 12.7 Å². The number of ether oxygens (including phenoxy) is 4. The van der Waals surface area contributed by atoms with Crippen LogP contribution in [0.2, 0.25) is 0 Å². The first-order chi connectivity index (χ1) is 26.2. The fourth-order valence-corrected chi connectivity index (χ4v) is 5.68. The summed E-state index contributed by atoms with van der Waals surface area (Å²) in [5.41, 5.74) is 6.09. The van der Waals surface area contributed by atoms with Crippen molar-refractivity contribution in [3.8, 4) is 0 Å². The van der Waals surface area contributed by atoms with Crippen molar-refractivity contribution in [3.05, 3.63) is 35.9 Å². The zero-order chi connectivity index (χ0) is 40.5. The quantitative estimate of drug-likeness (QED) is 0.0302. The molecule has 2 saturated heterocycles. The normalized spacial score (nSPS) is 28.4. The van der Waals surface area contributed by atoms with Crippen LogP contribution < -0.4 is 21.5 Å². The molecular formula is C35H55N5O15. The van der Waals surface area contributed by atoms with E-state index in [-0.39, 0.29) is 52.0 Å². The SMILES string of the molecule is C[C@@H]1O[C@@H](OCCNC(=O)CN(CC(=O)NCCO[C@@H]2O[C@@H](C)[C@@H](O)[C@@H](O)[C@@H]2O)C(=O)CCCCC(=O)NN[C@H](C=O)Cc2ccccc2)[C@@H](O)[C@H](O)[C@@H]1O. The van der Waals surface area contributed by atoms with Gasteiger partial charge in [0.05, 0.1) is 31.5 Å². The molecule has 0 unspecified atom stereocenters. The summed E-state index contributed by atoms with van der Waals surface area (Å²) in [5.74, 6) is -2.25. The zero-order valence-corrected chi connectivity index (χ0v) is 30.9. The van der Waals surface area contributed by atoms with Gasteiger partial charge in [-0.15, -0.1) is 0 Å². The topological polar surface area (TPSA) is 295 Å². The molecule has 310 valence electrons. The van der Waals surface area contributed by atoms with Crippen molar-refractivity contribution in [2.75, 3.05) is 39.4 Å². The monoisotopic (exact) mass is 785 g/mol. The summed E-state index contributed by atoms with van der Waals surface area (Å²) in [7, 11) is 0. The summed E-state index contributed by atoms with van der Waals surface area (Å²) in [5, 5.41) is 64.8. The minimum atomic E-state index is -1.53. The summed E-state index contributed by atoms with van der Waals surface area (Å²) < 4.78 is 21.5. The highest BCUT2D eigenvalue weighted by atomic mass is 16.7. The van der Waals surface area contributed by atoms with Crippen LogP contribution in [0.4, 0.5) is 0 Å². The van der Waals surface area contributed by atoms with Crippen molar-refractivity contribution >= 4 is 29.9 Å². The molecule has 0 bridgehead atoms. The second-order valence-electron chi connectivity index (χ2n) is 13.4. The number of carbonyl (C=O) groups excluding carboxylic acids is 5. The highest BCUT2D eigenvalue weighted by Crippen LogP contribution is 2.22. The van der Waals surface area contributed by atoms with Crippen LogP contribution in [0.25, 0.3) is 0 Å². The summed E-state index contributed by atoms with van der Waals surface area (Å²) >= 11 is 0. The lowest BCUT2D eigenvalue weighted by atomic mass is 10.0. The first-order valence-electron chi connectivity index (χ1n) is 18.2. The Kier molecular flexibility index (Phi) is 19.5. The van der Waals surface area contributed by atoms with E-state index in [4.69, 9.17) is 18.9 Å². The molecule has 0 saturated carbocycles. The number of aliphatic hydroxyl groups is 6. The Hall–Kier alpha value is -3.67. The number of nitrogens with zero attached hydrogens (tertiary/aromatic N) is 1. The van der Waals surface area contributed by atoms with Gasteiger partial charge >= 0.3 is 0 Å². The molecule has 1 aromatic carbocycles. The molecule has 55 heavy (non-hydrogen) atoms. The zero-order valence-electron chi connectivity index (χ0n) is 30.9. The number of aldehydes is 1.